The lowest BCUT2D eigenvalue weighted by molar-refractivity contribution is -0.274. The number of alkyl halides is 3. The average Bonchev–Trinajstić information content (AvgIpc) is 2.92. The highest BCUT2D eigenvalue weighted by atomic mass is 19.4. The number of nitrogens with one attached hydrogen (secondary N) is 2. The van der Waals surface area contributed by atoms with Gasteiger partial charge in [0.25, 0.3) is 0 Å². The quantitative estimate of drug-likeness (QED) is 0.493. The van der Waals surface area contributed by atoms with Gasteiger partial charge in [-0.2, -0.15) is 0 Å². The molecule has 0 aliphatic carbocycles. The van der Waals surface area contributed by atoms with Crippen molar-refractivity contribution in [2.24, 2.45) is 5.11 Å². The maximum absolute atomic E-state index is 12.2. The van der Waals surface area contributed by atoms with E-state index < -0.39 is 18.2 Å². The lowest BCUT2D eigenvalue weighted by Crippen LogP contribution is -2.39. The van der Waals surface area contributed by atoms with Gasteiger partial charge in [0.05, 0.1) is 6.04 Å². The number of rotatable bonds is 5. The summed E-state index contributed by atoms with van der Waals surface area (Å²) in [5.74, 6) is -0.770. The minimum atomic E-state index is -4.79. The molecule has 2 N–H and O–H groups in total. The minimum absolute atomic E-state index is 0.0819. The second-order valence-corrected chi connectivity index (χ2v) is 4.97. The fourth-order valence-electron chi connectivity index (χ4n) is 2.31. The smallest absolute Gasteiger partial charge is 0.406 e. The molecule has 1 amide bonds. The lowest BCUT2D eigenvalue weighted by atomic mass is 10.2. The van der Waals surface area contributed by atoms with Crippen LogP contribution in [0.1, 0.15) is 12.8 Å². The molecule has 2 rings (SSSR count). The lowest BCUT2D eigenvalue weighted by Gasteiger charge is -2.14. The van der Waals surface area contributed by atoms with E-state index in [1.165, 1.54) is 12.1 Å². The Labute approximate surface area is 129 Å². The van der Waals surface area contributed by atoms with Crippen molar-refractivity contribution in [2.45, 2.75) is 31.3 Å². The van der Waals surface area contributed by atoms with Gasteiger partial charge in [-0.15, -0.1) is 13.2 Å². The van der Waals surface area contributed by atoms with Gasteiger partial charge in [-0.25, -0.2) is 0 Å². The van der Waals surface area contributed by atoms with Crippen molar-refractivity contribution in [3.05, 3.63) is 34.7 Å². The molecular weight excluding hydrogens is 315 g/mol. The van der Waals surface area contributed by atoms with E-state index in [4.69, 9.17) is 5.53 Å². The molecule has 0 saturated carbocycles. The maximum Gasteiger partial charge on any atom is 0.573 e. The van der Waals surface area contributed by atoms with E-state index in [1.807, 2.05) is 0 Å². The van der Waals surface area contributed by atoms with Gasteiger partial charge < -0.3 is 15.4 Å². The van der Waals surface area contributed by atoms with Crippen LogP contribution in [0.15, 0.2) is 29.4 Å². The van der Waals surface area contributed by atoms with Crippen LogP contribution in [-0.2, 0) is 4.79 Å². The molecule has 1 aromatic carbocycles. The predicted molar refractivity (Wildman–Crippen MR) is 75.7 cm³/mol. The Morgan fingerprint density at radius 2 is 2.26 bits per heavy atom. The van der Waals surface area contributed by atoms with Gasteiger partial charge in [-0.3, -0.25) is 4.79 Å². The summed E-state index contributed by atoms with van der Waals surface area (Å²) in [7, 11) is 0. The molecule has 1 aliphatic heterocycles. The number of anilines is 1. The number of hydrogen-bond acceptors (Lipinski definition) is 4. The Morgan fingerprint density at radius 3 is 2.96 bits per heavy atom. The molecule has 0 aromatic heterocycles. The predicted octanol–water partition coefficient (Wildman–Crippen LogP) is 2.95. The molecule has 23 heavy (non-hydrogen) atoms. The van der Waals surface area contributed by atoms with Crippen LogP contribution in [0, 0.1) is 0 Å². The number of carbonyl (C=O) groups excluding carboxylic acids is 1. The molecule has 1 heterocycles. The van der Waals surface area contributed by atoms with Crippen molar-refractivity contribution in [1.29, 1.82) is 0 Å². The maximum atomic E-state index is 12.2. The van der Waals surface area contributed by atoms with Gasteiger partial charge in [0.1, 0.15) is 5.75 Å². The first-order valence-electron chi connectivity index (χ1n) is 6.81. The second kappa shape index (κ2) is 7.21. The van der Waals surface area contributed by atoms with Crippen molar-refractivity contribution in [3.63, 3.8) is 0 Å². The molecule has 10 heteroatoms. The van der Waals surface area contributed by atoms with E-state index in [0.29, 0.717) is 12.8 Å². The Bertz CT molecular complexity index is 616. The summed E-state index contributed by atoms with van der Waals surface area (Å²) in [5.41, 5.74) is 8.47. The first kappa shape index (κ1) is 16.9. The molecule has 1 saturated heterocycles. The second-order valence-electron chi connectivity index (χ2n) is 4.97. The molecule has 0 unspecified atom stereocenters. The summed E-state index contributed by atoms with van der Waals surface area (Å²) in [4.78, 5) is 14.7. The van der Waals surface area contributed by atoms with Gasteiger partial charge in [0, 0.05) is 29.3 Å². The average molecular weight is 329 g/mol. The van der Waals surface area contributed by atoms with Crippen LogP contribution in [-0.4, -0.2) is 30.9 Å². The third-order valence-corrected chi connectivity index (χ3v) is 3.26. The number of nitrogens with zero attached hydrogens (tertiary/aromatic N) is 3. The molecule has 1 aromatic rings. The molecule has 124 valence electrons. The Morgan fingerprint density at radius 1 is 1.48 bits per heavy atom. The van der Waals surface area contributed by atoms with E-state index in [9.17, 15) is 18.0 Å². The molecule has 2 atom stereocenters. The van der Waals surface area contributed by atoms with Gasteiger partial charge in [-0.05, 0) is 30.5 Å². The van der Waals surface area contributed by atoms with E-state index >= 15 is 0 Å². The van der Waals surface area contributed by atoms with Crippen LogP contribution in [0.2, 0.25) is 0 Å². The fraction of sp³-hybridized carbons (Fsp3) is 0.462. The van der Waals surface area contributed by atoms with E-state index in [1.54, 1.807) is 0 Å². The standard InChI is InChI=1S/C13H14F3N5O2/c14-13(15,16)23-10-3-1-2-8(6-10)20-12(22)11-5-4-9(19-11)7-18-21-17/h1-3,6,9,11,19H,4-5,7H2,(H,20,22)/t9-,11+/m1/s1. The third-order valence-electron chi connectivity index (χ3n) is 3.26. The highest BCUT2D eigenvalue weighted by molar-refractivity contribution is 5.95. The zero-order valence-corrected chi connectivity index (χ0v) is 11.9. The van der Waals surface area contributed by atoms with Crippen molar-refractivity contribution in [3.8, 4) is 5.75 Å². The van der Waals surface area contributed by atoms with Gasteiger partial charge in [-0.1, -0.05) is 11.2 Å². The Hall–Kier alpha value is -2.45. The molecular formula is C13H14F3N5O2. The van der Waals surface area contributed by atoms with Crippen LogP contribution >= 0.6 is 0 Å². The fourth-order valence-corrected chi connectivity index (χ4v) is 2.31. The zero-order valence-electron chi connectivity index (χ0n) is 11.9. The van der Waals surface area contributed by atoms with Gasteiger partial charge >= 0.3 is 6.36 Å². The molecule has 0 spiro atoms. The summed E-state index contributed by atoms with van der Waals surface area (Å²) in [6.07, 6.45) is -3.56. The molecule has 1 fully saturated rings. The molecule has 7 nitrogen and oxygen atoms in total. The van der Waals surface area contributed by atoms with Crippen molar-refractivity contribution in [2.75, 3.05) is 11.9 Å². The highest BCUT2D eigenvalue weighted by Gasteiger charge is 2.31. The van der Waals surface area contributed by atoms with Gasteiger partial charge in [0.2, 0.25) is 5.91 Å². The summed E-state index contributed by atoms with van der Waals surface area (Å²) in [6.45, 7) is 0.245. The topological polar surface area (TPSA) is 99.1 Å². The summed E-state index contributed by atoms with van der Waals surface area (Å²) in [6, 6.07) is 4.49. The first-order valence-corrected chi connectivity index (χ1v) is 6.81. The summed E-state index contributed by atoms with van der Waals surface area (Å²) in [5, 5.41) is 8.99. The Kier molecular flexibility index (Phi) is 5.30. The summed E-state index contributed by atoms with van der Waals surface area (Å²) < 4.78 is 40.3. The largest absolute Gasteiger partial charge is 0.573 e. The number of carbonyl (C=O) groups is 1. The van der Waals surface area contributed by atoms with E-state index in [-0.39, 0.29) is 24.2 Å². The number of amides is 1. The molecule has 0 radical (unpaired) electrons. The molecule has 0 bridgehead atoms. The number of hydrogen-bond donors (Lipinski definition) is 2. The third kappa shape index (κ3) is 5.35. The monoisotopic (exact) mass is 329 g/mol. The van der Waals surface area contributed by atoms with E-state index in [0.717, 1.165) is 12.1 Å². The van der Waals surface area contributed by atoms with Crippen LogP contribution in [0.5, 0.6) is 5.75 Å². The molecule has 1 aliphatic rings. The van der Waals surface area contributed by atoms with Crippen molar-refractivity contribution >= 4 is 11.6 Å². The number of azide groups is 1. The van der Waals surface area contributed by atoms with Crippen LogP contribution in [0.25, 0.3) is 10.4 Å². The number of benzene rings is 1. The number of ether oxygens (including phenoxy) is 1. The normalized spacial score (nSPS) is 20.7. The Balaban J connectivity index is 1.93. The van der Waals surface area contributed by atoms with Crippen LogP contribution in [0.3, 0.4) is 0 Å². The first-order chi connectivity index (χ1) is 10.9. The van der Waals surface area contributed by atoms with Crippen LogP contribution in [0.4, 0.5) is 18.9 Å². The van der Waals surface area contributed by atoms with Crippen LogP contribution < -0.4 is 15.4 Å². The SMILES string of the molecule is [N-]=[N+]=NC[C@H]1CC[C@@H](C(=O)Nc2cccc(OC(F)(F)F)c2)N1. The van der Waals surface area contributed by atoms with E-state index in [2.05, 4.69) is 25.4 Å². The van der Waals surface area contributed by atoms with Crippen molar-refractivity contribution < 1.29 is 22.7 Å². The zero-order chi connectivity index (χ0) is 16.9. The van der Waals surface area contributed by atoms with Crippen molar-refractivity contribution in [1.82, 2.24) is 5.32 Å². The number of halogens is 3. The van der Waals surface area contributed by atoms with Gasteiger partial charge in [0.15, 0.2) is 0 Å². The summed E-state index contributed by atoms with van der Waals surface area (Å²) >= 11 is 0. The minimum Gasteiger partial charge on any atom is -0.406 e. The highest BCUT2D eigenvalue weighted by Crippen LogP contribution is 2.25.